The van der Waals surface area contributed by atoms with Crippen LogP contribution in [-0.4, -0.2) is 23.1 Å². The Hall–Kier alpha value is -1.37. The summed E-state index contributed by atoms with van der Waals surface area (Å²) in [5.74, 6) is -0.783. The molecular formula is C13H12Cl2N2O3S. The highest BCUT2D eigenvalue weighted by Gasteiger charge is 2.15. The van der Waals surface area contributed by atoms with Gasteiger partial charge in [0.15, 0.2) is 4.80 Å². The molecule has 5 nitrogen and oxygen atoms in total. The fraction of sp³-hybridized carbons (Fsp3) is 0.308. The van der Waals surface area contributed by atoms with E-state index >= 15 is 0 Å². The van der Waals surface area contributed by atoms with Crippen molar-refractivity contribution in [3.8, 4) is 0 Å². The number of rotatable bonds is 3. The summed E-state index contributed by atoms with van der Waals surface area (Å²) in [5.41, 5.74) is 0.610. The lowest BCUT2D eigenvalue weighted by atomic mass is 10.3. The first kappa shape index (κ1) is 16.0. The van der Waals surface area contributed by atoms with Crippen molar-refractivity contribution in [2.75, 3.05) is 6.61 Å². The van der Waals surface area contributed by atoms with Gasteiger partial charge in [-0.1, -0.05) is 34.5 Å². The minimum atomic E-state index is -0.423. The highest BCUT2D eigenvalue weighted by Crippen LogP contribution is 2.29. The lowest BCUT2D eigenvalue weighted by Gasteiger charge is -2.06. The van der Waals surface area contributed by atoms with Crippen LogP contribution in [0.3, 0.4) is 0 Å². The fourth-order valence-electron chi connectivity index (χ4n) is 1.83. The smallest absolute Gasteiger partial charge is 0.326 e. The normalized spacial score (nSPS) is 11.9. The largest absolute Gasteiger partial charge is 0.465 e. The van der Waals surface area contributed by atoms with E-state index < -0.39 is 5.97 Å². The number of hydrogen-bond donors (Lipinski definition) is 0. The third kappa shape index (κ3) is 3.64. The molecule has 1 amide bonds. The van der Waals surface area contributed by atoms with E-state index in [-0.39, 0.29) is 19.1 Å². The number of amides is 1. The molecule has 0 spiro atoms. The van der Waals surface area contributed by atoms with Gasteiger partial charge in [-0.2, -0.15) is 4.99 Å². The number of esters is 1. The van der Waals surface area contributed by atoms with Gasteiger partial charge in [0.2, 0.25) is 5.91 Å². The van der Waals surface area contributed by atoms with Gasteiger partial charge < -0.3 is 9.30 Å². The summed E-state index contributed by atoms with van der Waals surface area (Å²) in [4.78, 5) is 27.3. The van der Waals surface area contributed by atoms with Crippen LogP contribution in [0.1, 0.15) is 13.8 Å². The minimum absolute atomic E-state index is 0.0681. The lowest BCUT2D eigenvalue weighted by Crippen LogP contribution is -2.22. The summed E-state index contributed by atoms with van der Waals surface area (Å²) in [6, 6.07) is 3.30. The number of halogens is 2. The van der Waals surface area contributed by atoms with E-state index in [4.69, 9.17) is 27.9 Å². The average molecular weight is 347 g/mol. The monoisotopic (exact) mass is 346 g/mol. The second-order valence-corrected chi connectivity index (χ2v) is 5.99. The van der Waals surface area contributed by atoms with Crippen molar-refractivity contribution in [2.45, 2.75) is 20.4 Å². The lowest BCUT2D eigenvalue weighted by molar-refractivity contribution is -0.143. The van der Waals surface area contributed by atoms with E-state index in [2.05, 4.69) is 4.99 Å². The zero-order valence-corrected chi connectivity index (χ0v) is 13.7. The van der Waals surface area contributed by atoms with Gasteiger partial charge in [0.1, 0.15) is 6.54 Å². The molecule has 0 saturated carbocycles. The Labute approximate surface area is 134 Å². The molecule has 0 aliphatic rings. The topological polar surface area (TPSA) is 60.7 Å². The summed E-state index contributed by atoms with van der Waals surface area (Å²) in [6.45, 7) is 3.27. The van der Waals surface area contributed by atoms with Crippen molar-refractivity contribution in [3.63, 3.8) is 0 Å². The molecule has 0 radical (unpaired) electrons. The summed E-state index contributed by atoms with van der Waals surface area (Å²) < 4.78 is 7.25. The minimum Gasteiger partial charge on any atom is -0.465 e. The summed E-state index contributed by atoms with van der Waals surface area (Å²) >= 11 is 13.4. The molecule has 1 aromatic carbocycles. The second-order valence-electron chi connectivity index (χ2n) is 4.14. The van der Waals surface area contributed by atoms with Gasteiger partial charge in [-0.25, -0.2) is 0 Å². The fourth-order valence-corrected chi connectivity index (χ4v) is 3.69. The Kier molecular flexibility index (Phi) is 5.03. The van der Waals surface area contributed by atoms with Gasteiger partial charge in [0.05, 0.1) is 21.8 Å². The van der Waals surface area contributed by atoms with Crippen molar-refractivity contribution < 1.29 is 14.3 Å². The Morgan fingerprint density at radius 2 is 2.10 bits per heavy atom. The molecule has 0 aliphatic heterocycles. The van der Waals surface area contributed by atoms with Crippen molar-refractivity contribution in [1.29, 1.82) is 0 Å². The van der Waals surface area contributed by atoms with Crippen LogP contribution in [0.25, 0.3) is 10.2 Å². The number of benzene rings is 1. The second kappa shape index (κ2) is 6.60. The third-order valence-corrected chi connectivity index (χ3v) is 4.07. The zero-order chi connectivity index (χ0) is 15.6. The first-order chi connectivity index (χ1) is 9.92. The van der Waals surface area contributed by atoms with Crippen LogP contribution < -0.4 is 4.80 Å². The highest BCUT2D eigenvalue weighted by atomic mass is 35.5. The molecular weight excluding hydrogens is 335 g/mol. The van der Waals surface area contributed by atoms with Crippen LogP contribution in [0.4, 0.5) is 0 Å². The molecule has 0 aliphatic carbocycles. The van der Waals surface area contributed by atoms with Crippen molar-refractivity contribution in [3.05, 3.63) is 27.0 Å². The maximum Gasteiger partial charge on any atom is 0.326 e. The predicted molar refractivity (Wildman–Crippen MR) is 82.7 cm³/mol. The molecule has 2 rings (SSSR count). The molecule has 2 aromatic rings. The number of carbonyl (C=O) groups is 2. The average Bonchev–Trinajstić information content (AvgIpc) is 2.66. The summed E-state index contributed by atoms with van der Waals surface area (Å²) in [5, 5.41) is 0.870. The number of hydrogen-bond acceptors (Lipinski definition) is 4. The first-order valence-electron chi connectivity index (χ1n) is 6.11. The summed E-state index contributed by atoms with van der Waals surface area (Å²) in [7, 11) is 0. The number of carbonyl (C=O) groups excluding carboxylic acids is 2. The Bertz CT molecular complexity index is 780. The quantitative estimate of drug-likeness (QED) is 0.802. The molecule has 0 atom stereocenters. The van der Waals surface area contributed by atoms with E-state index in [1.54, 1.807) is 23.6 Å². The zero-order valence-electron chi connectivity index (χ0n) is 11.4. The van der Waals surface area contributed by atoms with E-state index in [1.165, 1.54) is 18.3 Å². The SMILES string of the molecule is CCOC(=O)Cn1c(=NC(C)=O)sc2cc(Cl)cc(Cl)c21. The molecule has 0 saturated heterocycles. The van der Waals surface area contributed by atoms with Gasteiger partial charge in [0.25, 0.3) is 0 Å². The van der Waals surface area contributed by atoms with Gasteiger partial charge >= 0.3 is 5.97 Å². The Morgan fingerprint density at radius 1 is 1.38 bits per heavy atom. The van der Waals surface area contributed by atoms with Crippen LogP contribution in [-0.2, 0) is 20.9 Å². The molecule has 0 unspecified atom stereocenters. The predicted octanol–water partition coefficient (Wildman–Crippen LogP) is 3.02. The molecule has 8 heteroatoms. The van der Waals surface area contributed by atoms with E-state index in [0.717, 1.165) is 4.70 Å². The van der Waals surface area contributed by atoms with Crippen LogP contribution in [0.5, 0.6) is 0 Å². The molecule has 112 valence electrons. The van der Waals surface area contributed by atoms with Crippen LogP contribution in [0, 0.1) is 0 Å². The number of fused-ring (bicyclic) bond motifs is 1. The van der Waals surface area contributed by atoms with Crippen molar-refractivity contribution in [1.82, 2.24) is 4.57 Å². The first-order valence-corrected chi connectivity index (χ1v) is 7.69. The molecule has 21 heavy (non-hydrogen) atoms. The van der Waals surface area contributed by atoms with Crippen LogP contribution in [0.15, 0.2) is 17.1 Å². The number of aromatic nitrogens is 1. The van der Waals surface area contributed by atoms with Crippen molar-refractivity contribution >= 4 is 56.6 Å². The highest BCUT2D eigenvalue weighted by molar-refractivity contribution is 7.16. The van der Waals surface area contributed by atoms with E-state index in [1.807, 2.05) is 0 Å². The molecule has 0 fully saturated rings. The Morgan fingerprint density at radius 3 is 2.71 bits per heavy atom. The summed E-state index contributed by atoms with van der Waals surface area (Å²) in [6.07, 6.45) is 0. The van der Waals surface area contributed by atoms with E-state index in [9.17, 15) is 9.59 Å². The van der Waals surface area contributed by atoms with Crippen molar-refractivity contribution in [2.24, 2.45) is 4.99 Å². The van der Waals surface area contributed by atoms with Crippen LogP contribution >= 0.6 is 34.5 Å². The third-order valence-electron chi connectivity index (χ3n) is 2.54. The van der Waals surface area contributed by atoms with Crippen LogP contribution in [0.2, 0.25) is 10.0 Å². The molecule has 0 bridgehead atoms. The Balaban J connectivity index is 2.68. The molecule has 1 aromatic heterocycles. The van der Waals surface area contributed by atoms with Gasteiger partial charge in [-0.15, -0.1) is 0 Å². The number of thiazole rings is 1. The van der Waals surface area contributed by atoms with Gasteiger partial charge in [0, 0.05) is 11.9 Å². The van der Waals surface area contributed by atoms with E-state index in [0.29, 0.717) is 20.4 Å². The van der Waals surface area contributed by atoms with Gasteiger partial charge in [-0.3, -0.25) is 9.59 Å². The van der Waals surface area contributed by atoms with Gasteiger partial charge in [-0.05, 0) is 19.1 Å². The number of nitrogens with zero attached hydrogens (tertiary/aromatic N) is 2. The standard InChI is InChI=1S/C13H12Cl2N2O3S/c1-3-20-11(19)6-17-12-9(15)4-8(14)5-10(12)21-13(17)16-7(2)18/h4-5H,3,6H2,1-2H3. The molecule has 1 heterocycles. The maximum atomic E-state index is 11.7. The molecule has 0 N–H and O–H groups in total. The maximum absolute atomic E-state index is 11.7. The number of ether oxygens (including phenoxy) is 1.